The summed E-state index contributed by atoms with van der Waals surface area (Å²) in [4.78, 5) is 19.0. The minimum Gasteiger partial charge on any atom is -0.486 e. The molecule has 2 aromatic rings. The molecule has 4 rings (SSSR count). The molecule has 136 valence electrons. The van der Waals surface area contributed by atoms with Crippen LogP contribution < -0.4 is 19.7 Å². The molecule has 0 radical (unpaired) electrons. The number of aromatic nitrogens is 1. The van der Waals surface area contributed by atoms with Crippen molar-refractivity contribution in [2.45, 2.75) is 25.7 Å². The van der Waals surface area contributed by atoms with E-state index in [4.69, 9.17) is 9.47 Å². The highest BCUT2D eigenvalue weighted by Crippen LogP contribution is 2.32. The Morgan fingerprint density at radius 2 is 1.88 bits per heavy atom. The van der Waals surface area contributed by atoms with Crippen molar-refractivity contribution in [1.29, 1.82) is 0 Å². The molecule has 6 nitrogen and oxygen atoms in total. The molecule has 1 aromatic heterocycles. The van der Waals surface area contributed by atoms with Gasteiger partial charge >= 0.3 is 0 Å². The van der Waals surface area contributed by atoms with E-state index >= 15 is 0 Å². The van der Waals surface area contributed by atoms with E-state index < -0.39 is 0 Å². The van der Waals surface area contributed by atoms with Crippen molar-refractivity contribution >= 4 is 17.4 Å². The van der Waals surface area contributed by atoms with Gasteiger partial charge in [0.15, 0.2) is 11.5 Å². The Labute approximate surface area is 153 Å². The first-order valence-electron chi connectivity index (χ1n) is 9.17. The molecular weight excluding hydrogens is 330 g/mol. The van der Waals surface area contributed by atoms with Gasteiger partial charge in [-0.3, -0.25) is 4.79 Å². The Morgan fingerprint density at radius 1 is 1.08 bits per heavy atom. The molecule has 0 unspecified atom stereocenters. The van der Waals surface area contributed by atoms with E-state index in [1.54, 1.807) is 0 Å². The van der Waals surface area contributed by atoms with Gasteiger partial charge < -0.3 is 19.7 Å². The zero-order valence-corrected chi connectivity index (χ0v) is 14.7. The average molecular weight is 353 g/mol. The van der Waals surface area contributed by atoms with E-state index in [0.717, 1.165) is 35.9 Å². The Kier molecular flexibility index (Phi) is 4.91. The van der Waals surface area contributed by atoms with E-state index in [1.165, 1.54) is 12.8 Å². The number of benzene rings is 1. The van der Waals surface area contributed by atoms with Crippen molar-refractivity contribution in [1.82, 2.24) is 4.98 Å². The molecular formula is C20H23N3O3. The number of hydrogen-bond donors (Lipinski definition) is 1. The normalized spacial score (nSPS) is 15.8. The number of rotatable bonds is 5. The van der Waals surface area contributed by atoms with Gasteiger partial charge in [0, 0.05) is 37.5 Å². The van der Waals surface area contributed by atoms with Crippen molar-refractivity contribution in [2.75, 3.05) is 36.5 Å². The first-order chi connectivity index (χ1) is 12.8. The van der Waals surface area contributed by atoms with Crippen LogP contribution in [-0.2, 0) is 11.2 Å². The van der Waals surface area contributed by atoms with Gasteiger partial charge in [0.2, 0.25) is 5.91 Å². The SMILES string of the molecule is O=C(CCc1ccnc(N2CCCC2)c1)Nc1ccc2c(c1)OCCO2. The van der Waals surface area contributed by atoms with E-state index in [9.17, 15) is 4.79 Å². The first kappa shape index (κ1) is 16.7. The lowest BCUT2D eigenvalue weighted by Crippen LogP contribution is -2.19. The zero-order chi connectivity index (χ0) is 17.8. The van der Waals surface area contributed by atoms with Crippen LogP contribution in [-0.4, -0.2) is 37.2 Å². The zero-order valence-electron chi connectivity index (χ0n) is 14.7. The Bertz CT molecular complexity index is 788. The molecule has 1 aromatic carbocycles. The number of fused-ring (bicyclic) bond motifs is 1. The second-order valence-electron chi connectivity index (χ2n) is 6.62. The predicted octanol–water partition coefficient (Wildman–Crippen LogP) is 3.02. The summed E-state index contributed by atoms with van der Waals surface area (Å²) in [5.41, 5.74) is 1.87. The van der Waals surface area contributed by atoms with E-state index in [-0.39, 0.29) is 5.91 Å². The summed E-state index contributed by atoms with van der Waals surface area (Å²) < 4.78 is 11.0. The van der Waals surface area contributed by atoms with Crippen molar-refractivity contribution in [3.8, 4) is 11.5 Å². The molecule has 0 bridgehead atoms. The maximum atomic E-state index is 12.3. The topological polar surface area (TPSA) is 63.7 Å². The summed E-state index contributed by atoms with van der Waals surface area (Å²) in [6, 6.07) is 9.56. The highest BCUT2D eigenvalue weighted by molar-refractivity contribution is 5.91. The molecule has 1 fully saturated rings. The maximum absolute atomic E-state index is 12.3. The van der Waals surface area contributed by atoms with Crippen LogP contribution in [0.15, 0.2) is 36.5 Å². The van der Waals surface area contributed by atoms with Crippen molar-refractivity contribution in [2.24, 2.45) is 0 Å². The minimum absolute atomic E-state index is 0.0128. The van der Waals surface area contributed by atoms with Crippen LogP contribution in [0.2, 0.25) is 0 Å². The Morgan fingerprint density at radius 3 is 2.73 bits per heavy atom. The largest absolute Gasteiger partial charge is 0.486 e. The van der Waals surface area contributed by atoms with Gasteiger partial charge in [0.05, 0.1) is 0 Å². The summed E-state index contributed by atoms with van der Waals surface area (Å²) in [5.74, 6) is 2.41. The lowest BCUT2D eigenvalue weighted by atomic mass is 10.1. The van der Waals surface area contributed by atoms with Crippen LogP contribution in [0.3, 0.4) is 0 Å². The van der Waals surface area contributed by atoms with Gasteiger partial charge in [-0.2, -0.15) is 0 Å². The molecule has 1 amide bonds. The fraction of sp³-hybridized carbons (Fsp3) is 0.400. The summed E-state index contributed by atoms with van der Waals surface area (Å²) >= 11 is 0. The molecule has 0 aliphatic carbocycles. The molecule has 6 heteroatoms. The lowest BCUT2D eigenvalue weighted by Gasteiger charge is -2.19. The summed E-state index contributed by atoms with van der Waals surface area (Å²) in [5, 5.41) is 2.93. The number of ether oxygens (including phenoxy) is 2. The second kappa shape index (κ2) is 7.64. The molecule has 26 heavy (non-hydrogen) atoms. The smallest absolute Gasteiger partial charge is 0.224 e. The number of anilines is 2. The molecule has 1 N–H and O–H groups in total. The van der Waals surface area contributed by atoms with Crippen molar-refractivity contribution in [3.63, 3.8) is 0 Å². The van der Waals surface area contributed by atoms with E-state index in [0.29, 0.717) is 31.8 Å². The molecule has 0 atom stereocenters. The fourth-order valence-electron chi connectivity index (χ4n) is 3.34. The number of nitrogens with one attached hydrogen (secondary N) is 1. The summed E-state index contributed by atoms with van der Waals surface area (Å²) in [7, 11) is 0. The van der Waals surface area contributed by atoms with E-state index in [1.807, 2.05) is 30.5 Å². The third-order valence-corrected chi connectivity index (χ3v) is 4.71. The Balaban J connectivity index is 1.33. The van der Waals surface area contributed by atoms with Crippen molar-refractivity contribution in [3.05, 3.63) is 42.1 Å². The number of carbonyl (C=O) groups excluding carboxylic acids is 1. The summed E-state index contributed by atoms with van der Waals surface area (Å²) in [6.07, 6.45) is 5.41. The van der Waals surface area contributed by atoms with Gasteiger partial charge in [-0.15, -0.1) is 0 Å². The highest BCUT2D eigenvalue weighted by atomic mass is 16.6. The highest BCUT2D eigenvalue weighted by Gasteiger charge is 2.15. The van der Waals surface area contributed by atoms with Gasteiger partial charge in [-0.05, 0) is 49.1 Å². The number of nitrogens with zero attached hydrogens (tertiary/aromatic N) is 2. The average Bonchev–Trinajstić information content (AvgIpc) is 3.21. The Hall–Kier alpha value is -2.76. The maximum Gasteiger partial charge on any atom is 0.224 e. The molecule has 0 spiro atoms. The van der Waals surface area contributed by atoms with Crippen LogP contribution in [0.1, 0.15) is 24.8 Å². The third kappa shape index (κ3) is 3.90. The monoisotopic (exact) mass is 353 g/mol. The molecule has 1 saturated heterocycles. The fourth-order valence-corrected chi connectivity index (χ4v) is 3.34. The number of hydrogen-bond acceptors (Lipinski definition) is 5. The van der Waals surface area contributed by atoms with Gasteiger partial charge in [0.1, 0.15) is 19.0 Å². The van der Waals surface area contributed by atoms with Crippen molar-refractivity contribution < 1.29 is 14.3 Å². The lowest BCUT2D eigenvalue weighted by molar-refractivity contribution is -0.116. The second-order valence-corrected chi connectivity index (χ2v) is 6.62. The number of pyridine rings is 1. The predicted molar refractivity (Wildman–Crippen MR) is 100 cm³/mol. The molecule has 2 aliphatic heterocycles. The molecule has 3 heterocycles. The number of amides is 1. The number of aryl methyl sites for hydroxylation is 1. The first-order valence-corrected chi connectivity index (χ1v) is 9.17. The molecule has 2 aliphatic rings. The van der Waals surface area contributed by atoms with Gasteiger partial charge in [0.25, 0.3) is 0 Å². The quantitative estimate of drug-likeness (QED) is 0.895. The number of carbonyl (C=O) groups is 1. The third-order valence-electron chi connectivity index (χ3n) is 4.71. The minimum atomic E-state index is -0.0128. The van der Waals surface area contributed by atoms with Gasteiger partial charge in [-0.1, -0.05) is 0 Å². The van der Waals surface area contributed by atoms with Crippen LogP contribution in [0.5, 0.6) is 11.5 Å². The summed E-state index contributed by atoms with van der Waals surface area (Å²) in [6.45, 7) is 3.23. The van der Waals surface area contributed by atoms with Crippen LogP contribution in [0.25, 0.3) is 0 Å². The van der Waals surface area contributed by atoms with Gasteiger partial charge in [-0.25, -0.2) is 4.98 Å². The van der Waals surface area contributed by atoms with Crippen LogP contribution >= 0.6 is 0 Å². The standard InChI is InChI=1S/C20H23N3O3/c24-20(22-16-4-5-17-18(14-16)26-12-11-25-17)6-3-15-7-8-21-19(13-15)23-9-1-2-10-23/h4-5,7-8,13-14H,1-3,6,9-12H2,(H,22,24). The van der Waals surface area contributed by atoms with Crippen LogP contribution in [0.4, 0.5) is 11.5 Å². The molecule has 0 saturated carbocycles. The van der Waals surface area contributed by atoms with E-state index in [2.05, 4.69) is 21.3 Å². The van der Waals surface area contributed by atoms with Crippen LogP contribution in [0, 0.1) is 0 Å².